The number of pyridine rings is 1. The first-order valence-corrected chi connectivity index (χ1v) is 4.07. The molecule has 0 bridgehead atoms. The van der Waals surface area contributed by atoms with Crippen molar-refractivity contribution in [1.29, 1.82) is 0 Å². The van der Waals surface area contributed by atoms with Gasteiger partial charge >= 0.3 is 6.21 Å². The normalized spacial score (nSPS) is 9.71. The summed E-state index contributed by atoms with van der Waals surface area (Å²) in [6.07, 6.45) is 1.26. The Kier molecular flexibility index (Phi) is 1.97. The molecule has 0 aliphatic carbocycles. The number of benzene rings is 1. The largest absolute Gasteiger partial charge is 0.508 e. The number of hydrogen-bond acceptors (Lipinski definition) is 2. The van der Waals surface area contributed by atoms with Crippen LogP contribution >= 0.6 is 0 Å². The molecule has 4 nitrogen and oxygen atoms in total. The van der Waals surface area contributed by atoms with Crippen LogP contribution in [0.2, 0.25) is 0 Å². The van der Waals surface area contributed by atoms with E-state index in [0.29, 0.717) is 5.69 Å². The molecule has 1 N–H and O–H groups in total. The van der Waals surface area contributed by atoms with E-state index >= 15 is 0 Å². The van der Waals surface area contributed by atoms with E-state index in [1.165, 1.54) is 6.21 Å². The standard InChI is InChI=1S/C10H7N3O/c11-12-6-8-2-1-7-5-9(14)3-4-10(7)13-8/h1-6,14H. The Morgan fingerprint density at radius 1 is 1.29 bits per heavy atom. The molecule has 1 aromatic heterocycles. The minimum atomic E-state index is 0.211. The van der Waals surface area contributed by atoms with E-state index < -0.39 is 0 Å². The Morgan fingerprint density at radius 3 is 2.93 bits per heavy atom. The zero-order chi connectivity index (χ0) is 9.97. The number of phenolic OH excluding ortho intramolecular Hbond substituents is 1. The van der Waals surface area contributed by atoms with Crippen LogP contribution in [0.3, 0.4) is 0 Å². The van der Waals surface area contributed by atoms with Crippen LogP contribution in [-0.4, -0.2) is 21.1 Å². The van der Waals surface area contributed by atoms with E-state index in [1.54, 1.807) is 30.3 Å². The average Bonchev–Trinajstić information content (AvgIpc) is 2.19. The SMILES string of the molecule is [N-]=[N+]=Cc1ccc2cc(O)ccc2n1. The fourth-order valence-corrected chi connectivity index (χ4v) is 1.26. The van der Waals surface area contributed by atoms with E-state index in [0.717, 1.165) is 10.9 Å². The lowest BCUT2D eigenvalue weighted by Crippen LogP contribution is -1.88. The van der Waals surface area contributed by atoms with Gasteiger partial charge in [-0.25, -0.2) is 4.98 Å². The number of phenols is 1. The molecule has 0 radical (unpaired) electrons. The Balaban J connectivity index is 2.67. The molecular weight excluding hydrogens is 178 g/mol. The first kappa shape index (κ1) is 8.41. The molecule has 0 atom stereocenters. The zero-order valence-corrected chi connectivity index (χ0v) is 7.25. The van der Waals surface area contributed by atoms with Crippen LogP contribution in [0.4, 0.5) is 0 Å². The predicted octanol–water partition coefficient (Wildman–Crippen LogP) is 1.59. The Morgan fingerprint density at radius 2 is 2.14 bits per heavy atom. The summed E-state index contributed by atoms with van der Waals surface area (Å²) in [5.74, 6) is 0.211. The summed E-state index contributed by atoms with van der Waals surface area (Å²) >= 11 is 0. The number of rotatable bonds is 1. The van der Waals surface area contributed by atoms with Crippen molar-refractivity contribution in [2.24, 2.45) is 0 Å². The smallest absolute Gasteiger partial charge is 0.305 e. The summed E-state index contributed by atoms with van der Waals surface area (Å²) < 4.78 is 0. The van der Waals surface area contributed by atoms with Crippen LogP contribution in [0.5, 0.6) is 5.75 Å². The van der Waals surface area contributed by atoms with Gasteiger partial charge < -0.3 is 10.6 Å². The summed E-state index contributed by atoms with van der Waals surface area (Å²) in [7, 11) is 0. The van der Waals surface area contributed by atoms with Crippen molar-refractivity contribution in [2.45, 2.75) is 0 Å². The van der Waals surface area contributed by atoms with Gasteiger partial charge in [0.2, 0.25) is 0 Å². The molecule has 1 aromatic carbocycles. The Labute approximate surface area is 80.1 Å². The maximum Gasteiger partial charge on any atom is 0.305 e. The molecule has 68 valence electrons. The second kappa shape index (κ2) is 3.28. The van der Waals surface area contributed by atoms with Crippen LogP contribution in [0.1, 0.15) is 5.69 Å². The lowest BCUT2D eigenvalue weighted by Gasteiger charge is -1.97. The van der Waals surface area contributed by atoms with Crippen molar-refractivity contribution in [2.75, 3.05) is 0 Å². The first-order valence-electron chi connectivity index (χ1n) is 4.07. The van der Waals surface area contributed by atoms with E-state index in [9.17, 15) is 5.11 Å². The molecule has 0 unspecified atom stereocenters. The average molecular weight is 185 g/mol. The summed E-state index contributed by atoms with van der Waals surface area (Å²) in [6, 6.07) is 8.41. The molecule has 1 heterocycles. The van der Waals surface area contributed by atoms with Crippen molar-refractivity contribution in [1.82, 2.24) is 4.98 Å². The first-order chi connectivity index (χ1) is 6.79. The number of nitrogens with zero attached hydrogens (tertiary/aromatic N) is 3. The molecule has 14 heavy (non-hydrogen) atoms. The minimum absolute atomic E-state index is 0.211. The molecule has 4 heteroatoms. The summed E-state index contributed by atoms with van der Waals surface area (Å²) in [6.45, 7) is 0. The highest BCUT2D eigenvalue weighted by Crippen LogP contribution is 2.17. The fraction of sp³-hybridized carbons (Fsp3) is 0. The van der Waals surface area contributed by atoms with Crippen LogP contribution in [0.25, 0.3) is 16.4 Å². The monoisotopic (exact) mass is 185 g/mol. The van der Waals surface area contributed by atoms with Crippen molar-refractivity contribution in [3.8, 4) is 5.75 Å². The van der Waals surface area contributed by atoms with Gasteiger partial charge in [-0.1, -0.05) is 6.07 Å². The van der Waals surface area contributed by atoms with Crippen molar-refractivity contribution in [3.05, 3.63) is 41.6 Å². The lowest BCUT2D eigenvalue weighted by atomic mass is 10.2. The molecule has 0 amide bonds. The van der Waals surface area contributed by atoms with Crippen molar-refractivity contribution >= 4 is 17.1 Å². The van der Waals surface area contributed by atoms with E-state index in [1.807, 2.05) is 0 Å². The van der Waals surface area contributed by atoms with Crippen molar-refractivity contribution in [3.63, 3.8) is 0 Å². The van der Waals surface area contributed by atoms with E-state index in [4.69, 9.17) is 5.53 Å². The van der Waals surface area contributed by atoms with Gasteiger partial charge in [0.1, 0.15) is 11.4 Å². The van der Waals surface area contributed by atoms with Gasteiger partial charge in [0.15, 0.2) is 0 Å². The number of aromatic hydroxyl groups is 1. The minimum Gasteiger partial charge on any atom is -0.508 e. The number of hydrogen-bond donors (Lipinski definition) is 1. The van der Waals surface area contributed by atoms with Crippen LogP contribution in [-0.2, 0) is 0 Å². The summed E-state index contributed by atoms with van der Waals surface area (Å²) in [4.78, 5) is 7.08. The second-order valence-electron chi connectivity index (χ2n) is 2.86. The molecule has 0 fully saturated rings. The van der Waals surface area contributed by atoms with Gasteiger partial charge in [0.25, 0.3) is 0 Å². The number of aromatic nitrogens is 1. The van der Waals surface area contributed by atoms with Gasteiger partial charge in [0, 0.05) is 5.39 Å². The van der Waals surface area contributed by atoms with Crippen LogP contribution in [0.15, 0.2) is 30.3 Å². The molecular formula is C10H7N3O. The maximum atomic E-state index is 9.21. The van der Waals surface area contributed by atoms with Gasteiger partial charge in [-0.3, -0.25) is 0 Å². The van der Waals surface area contributed by atoms with E-state index in [-0.39, 0.29) is 5.75 Å². The maximum absolute atomic E-state index is 9.21. The van der Waals surface area contributed by atoms with Gasteiger partial charge in [-0.15, -0.1) is 0 Å². The molecule has 0 aliphatic heterocycles. The number of fused-ring (bicyclic) bond motifs is 1. The molecule has 0 saturated heterocycles. The zero-order valence-electron chi connectivity index (χ0n) is 7.25. The molecule has 0 spiro atoms. The molecule has 0 saturated carbocycles. The fourth-order valence-electron chi connectivity index (χ4n) is 1.26. The topological polar surface area (TPSA) is 69.5 Å². The molecule has 0 aliphatic rings. The third-order valence-corrected chi connectivity index (χ3v) is 1.88. The Hall–Kier alpha value is -2.19. The van der Waals surface area contributed by atoms with Gasteiger partial charge in [-0.2, -0.15) is 4.79 Å². The second-order valence-corrected chi connectivity index (χ2v) is 2.86. The third-order valence-electron chi connectivity index (χ3n) is 1.88. The van der Waals surface area contributed by atoms with Gasteiger partial charge in [-0.05, 0) is 24.3 Å². The van der Waals surface area contributed by atoms with Crippen LogP contribution in [0, 0.1) is 0 Å². The molecule has 2 aromatic rings. The third kappa shape index (κ3) is 1.46. The summed E-state index contributed by atoms with van der Waals surface area (Å²) in [5, 5.41) is 10.1. The highest BCUT2D eigenvalue weighted by Gasteiger charge is 1.99. The Bertz CT molecular complexity index is 530. The van der Waals surface area contributed by atoms with Crippen LogP contribution < -0.4 is 0 Å². The van der Waals surface area contributed by atoms with E-state index in [2.05, 4.69) is 9.77 Å². The van der Waals surface area contributed by atoms with Crippen molar-refractivity contribution < 1.29 is 9.90 Å². The quantitative estimate of drug-likeness (QED) is 0.416. The van der Waals surface area contributed by atoms with Gasteiger partial charge in [0.05, 0.1) is 5.52 Å². The summed E-state index contributed by atoms with van der Waals surface area (Å²) in [5.41, 5.74) is 9.65. The molecule has 2 rings (SSSR count). The predicted molar refractivity (Wildman–Crippen MR) is 52.2 cm³/mol. The highest BCUT2D eigenvalue weighted by atomic mass is 16.3. The lowest BCUT2D eigenvalue weighted by molar-refractivity contribution is 0.00429. The highest BCUT2D eigenvalue weighted by molar-refractivity contribution is 5.84.